The Balaban J connectivity index is 3.40. The van der Waals surface area contributed by atoms with Gasteiger partial charge >= 0.3 is 7.12 Å². The maximum Gasteiger partial charge on any atom is 0.488 e. The molecule has 0 radical (unpaired) electrons. The third-order valence-electron chi connectivity index (χ3n) is 1.74. The normalized spacial score (nSPS) is 17.2. The molecule has 2 N–H and O–H groups in total. The van der Waals surface area contributed by atoms with E-state index in [1.807, 2.05) is 0 Å². The fourth-order valence-electron chi connectivity index (χ4n) is 1.09. The van der Waals surface area contributed by atoms with Crippen LogP contribution in [0.5, 0.6) is 5.75 Å². The Labute approximate surface area is 91.5 Å². The van der Waals surface area contributed by atoms with E-state index in [0.29, 0.717) is 0 Å². The van der Waals surface area contributed by atoms with Crippen LogP contribution in [0, 0.1) is 0 Å². The van der Waals surface area contributed by atoms with Crippen LogP contribution in [0.1, 0.15) is 26.2 Å². The molecule has 0 bridgehead atoms. The standard InChI is InChI=1S/C10H15BO3/c1-3-8-7-9(11(12)13)5-6-10(8)14-4-2/h5-7,12-13H,3-4H2,1-2H3/i1D3,3D2. The Hall–Kier alpha value is -0.995. The summed E-state index contributed by atoms with van der Waals surface area (Å²) < 4.78 is 42.4. The van der Waals surface area contributed by atoms with Gasteiger partial charge in [0.25, 0.3) is 0 Å². The largest absolute Gasteiger partial charge is 0.494 e. The van der Waals surface area contributed by atoms with E-state index in [1.54, 1.807) is 6.92 Å². The lowest BCUT2D eigenvalue weighted by Gasteiger charge is -2.10. The van der Waals surface area contributed by atoms with Gasteiger partial charge in [-0.1, -0.05) is 19.0 Å². The highest BCUT2D eigenvalue weighted by Crippen LogP contribution is 2.17. The van der Waals surface area contributed by atoms with Crippen molar-refractivity contribution in [3.05, 3.63) is 23.8 Å². The molecular weight excluding hydrogens is 179 g/mol. The first-order valence-electron chi connectivity index (χ1n) is 6.74. The molecule has 3 nitrogen and oxygen atoms in total. The minimum Gasteiger partial charge on any atom is -0.494 e. The summed E-state index contributed by atoms with van der Waals surface area (Å²) in [5, 5.41) is 18.2. The van der Waals surface area contributed by atoms with E-state index in [4.69, 9.17) is 21.6 Å². The first-order valence-corrected chi connectivity index (χ1v) is 4.24. The molecule has 0 saturated heterocycles. The van der Waals surface area contributed by atoms with Gasteiger partial charge < -0.3 is 14.8 Å². The number of ether oxygens (including phenoxy) is 1. The van der Waals surface area contributed by atoms with Crippen LogP contribution in [0.25, 0.3) is 0 Å². The molecule has 1 aromatic carbocycles. The summed E-state index contributed by atoms with van der Waals surface area (Å²) >= 11 is 0. The van der Waals surface area contributed by atoms with Crippen molar-refractivity contribution in [2.45, 2.75) is 20.1 Å². The lowest BCUT2D eigenvalue weighted by Crippen LogP contribution is -2.30. The first kappa shape index (κ1) is 5.78. The highest BCUT2D eigenvalue weighted by Gasteiger charge is 2.12. The highest BCUT2D eigenvalue weighted by atomic mass is 16.5. The molecular formula is C10H15BO3. The van der Waals surface area contributed by atoms with Crippen LogP contribution >= 0.6 is 0 Å². The molecule has 0 unspecified atom stereocenters. The summed E-state index contributed by atoms with van der Waals surface area (Å²) in [6.07, 6.45) is -2.65. The van der Waals surface area contributed by atoms with Crippen molar-refractivity contribution in [1.29, 1.82) is 0 Å². The van der Waals surface area contributed by atoms with Gasteiger partial charge in [-0.3, -0.25) is 0 Å². The van der Waals surface area contributed by atoms with E-state index in [0.717, 1.165) is 6.07 Å². The zero-order valence-electron chi connectivity index (χ0n) is 12.8. The monoisotopic (exact) mass is 199 g/mol. The van der Waals surface area contributed by atoms with E-state index in [9.17, 15) is 0 Å². The Morgan fingerprint density at radius 2 is 2.36 bits per heavy atom. The second-order valence-electron chi connectivity index (χ2n) is 2.69. The Kier molecular flexibility index (Phi) is 2.08. The van der Waals surface area contributed by atoms with Gasteiger partial charge in [0.05, 0.1) is 6.61 Å². The Morgan fingerprint density at radius 1 is 1.57 bits per heavy atom. The van der Waals surface area contributed by atoms with Crippen molar-refractivity contribution in [3.8, 4) is 5.75 Å². The maximum atomic E-state index is 9.09. The summed E-state index contributed by atoms with van der Waals surface area (Å²) in [7, 11) is -1.80. The number of rotatable bonds is 4. The van der Waals surface area contributed by atoms with Crippen LogP contribution in [0.3, 0.4) is 0 Å². The van der Waals surface area contributed by atoms with Crippen LogP contribution in [0.15, 0.2) is 18.2 Å². The number of hydrogen-bond donors (Lipinski definition) is 2. The lowest BCUT2D eigenvalue weighted by atomic mass is 9.79. The third-order valence-corrected chi connectivity index (χ3v) is 1.74. The van der Waals surface area contributed by atoms with Crippen molar-refractivity contribution < 1.29 is 21.6 Å². The average Bonchev–Trinajstić information content (AvgIpc) is 2.27. The minimum absolute atomic E-state index is 0.00609. The summed E-state index contributed by atoms with van der Waals surface area (Å²) in [4.78, 5) is 0. The van der Waals surface area contributed by atoms with Crippen LogP contribution in [0.2, 0.25) is 0 Å². The predicted octanol–water partition coefficient (Wildman–Crippen LogP) is 0.328. The summed E-state index contributed by atoms with van der Waals surface area (Å²) in [6, 6.07) is 3.77. The molecule has 0 aliphatic carbocycles. The van der Waals surface area contributed by atoms with Crippen LogP contribution in [-0.2, 0) is 6.37 Å². The molecule has 0 heterocycles. The van der Waals surface area contributed by atoms with Gasteiger partial charge in [0.15, 0.2) is 0 Å². The van der Waals surface area contributed by atoms with Gasteiger partial charge in [-0.2, -0.15) is 0 Å². The summed E-state index contributed by atoms with van der Waals surface area (Å²) in [6.45, 7) is -0.966. The van der Waals surface area contributed by atoms with Gasteiger partial charge in [0.1, 0.15) is 5.75 Å². The zero-order valence-corrected chi connectivity index (χ0v) is 7.82. The number of benzene rings is 1. The minimum atomic E-state index is -2.89. The van der Waals surface area contributed by atoms with E-state index < -0.39 is 20.3 Å². The second kappa shape index (κ2) is 5.03. The van der Waals surface area contributed by atoms with Crippen LogP contribution < -0.4 is 10.2 Å². The molecule has 0 aliphatic rings. The van der Waals surface area contributed by atoms with Gasteiger partial charge in [-0.25, -0.2) is 0 Å². The zero-order chi connectivity index (χ0) is 14.8. The van der Waals surface area contributed by atoms with Crippen LogP contribution in [0.4, 0.5) is 0 Å². The van der Waals surface area contributed by atoms with Crippen molar-refractivity contribution in [2.75, 3.05) is 6.61 Å². The fraction of sp³-hybridized carbons (Fsp3) is 0.400. The van der Waals surface area contributed by atoms with Gasteiger partial charge in [-0.15, -0.1) is 0 Å². The number of hydrogen-bond acceptors (Lipinski definition) is 3. The molecule has 0 aromatic heterocycles. The molecule has 0 atom stereocenters. The van der Waals surface area contributed by atoms with Crippen molar-refractivity contribution in [1.82, 2.24) is 0 Å². The molecule has 1 aromatic rings. The molecule has 0 saturated carbocycles. The molecule has 0 spiro atoms. The topological polar surface area (TPSA) is 49.7 Å². The van der Waals surface area contributed by atoms with Gasteiger partial charge in [0.2, 0.25) is 0 Å². The molecule has 0 amide bonds. The van der Waals surface area contributed by atoms with Crippen molar-refractivity contribution >= 4 is 12.6 Å². The predicted molar refractivity (Wildman–Crippen MR) is 56.8 cm³/mol. The second-order valence-corrected chi connectivity index (χ2v) is 2.69. The smallest absolute Gasteiger partial charge is 0.488 e. The maximum absolute atomic E-state index is 9.09. The average molecular weight is 199 g/mol. The molecule has 0 fully saturated rings. The highest BCUT2D eigenvalue weighted by molar-refractivity contribution is 6.58. The molecule has 0 aliphatic heterocycles. The first-order chi connectivity index (χ1) is 8.61. The molecule has 14 heavy (non-hydrogen) atoms. The lowest BCUT2D eigenvalue weighted by molar-refractivity contribution is 0.337. The van der Waals surface area contributed by atoms with E-state index in [2.05, 4.69) is 0 Å². The van der Waals surface area contributed by atoms with Gasteiger partial charge in [0, 0.05) is 6.85 Å². The molecule has 1 rings (SSSR count). The third kappa shape index (κ3) is 2.50. The Morgan fingerprint density at radius 3 is 2.93 bits per heavy atom. The van der Waals surface area contributed by atoms with Crippen LogP contribution in [-0.4, -0.2) is 23.8 Å². The summed E-state index contributed by atoms with van der Waals surface area (Å²) in [5.74, 6) is 0.0769. The Bertz CT molecular complexity index is 447. The van der Waals surface area contributed by atoms with Gasteiger partial charge in [-0.05, 0) is 30.4 Å². The fourth-order valence-corrected chi connectivity index (χ4v) is 1.09. The van der Waals surface area contributed by atoms with Crippen molar-refractivity contribution in [2.24, 2.45) is 0 Å². The van der Waals surface area contributed by atoms with E-state index in [1.165, 1.54) is 12.1 Å². The SMILES string of the molecule is [2H]C([2H])([2H])C([2H])([2H])c1cc(B(O)O)ccc1OCC. The van der Waals surface area contributed by atoms with E-state index >= 15 is 0 Å². The molecule has 76 valence electrons. The quantitative estimate of drug-likeness (QED) is 0.687. The molecule has 4 heteroatoms. The number of aryl methyl sites for hydroxylation is 1. The summed E-state index contributed by atoms with van der Waals surface area (Å²) in [5.41, 5.74) is -0.216. The van der Waals surface area contributed by atoms with Crippen molar-refractivity contribution in [3.63, 3.8) is 0 Å². The van der Waals surface area contributed by atoms with E-state index in [-0.39, 0.29) is 23.4 Å².